The van der Waals surface area contributed by atoms with Crippen LogP contribution in [-0.4, -0.2) is 36.4 Å². The SMILES string of the molecule is CCOC1CC(NCCC(=O)O)C1. The smallest absolute Gasteiger partial charge is 0.304 e. The maximum Gasteiger partial charge on any atom is 0.304 e. The molecule has 0 aliphatic heterocycles. The predicted molar refractivity (Wildman–Crippen MR) is 48.7 cm³/mol. The van der Waals surface area contributed by atoms with Gasteiger partial charge in [-0.25, -0.2) is 0 Å². The monoisotopic (exact) mass is 187 g/mol. The first-order valence-electron chi connectivity index (χ1n) is 4.79. The first-order valence-corrected chi connectivity index (χ1v) is 4.79. The fraction of sp³-hybridized carbons (Fsp3) is 0.889. The largest absolute Gasteiger partial charge is 0.481 e. The molecular weight excluding hydrogens is 170 g/mol. The van der Waals surface area contributed by atoms with Gasteiger partial charge >= 0.3 is 5.97 Å². The molecule has 0 aromatic carbocycles. The molecule has 0 spiro atoms. The number of carboxylic acid groups (broad SMARTS) is 1. The van der Waals surface area contributed by atoms with Gasteiger partial charge in [-0.2, -0.15) is 0 Å². The van der Waals surface area contributed by atoms with E-state index in [4.69, 9.17) is 9.84 Å². The van der Waals surface area contributed by atoms with Crippen molar-refractivity contribution in [3.05, 3.63) is 0 Å². The lowest BCUT2D eigenvalue weighted by atomic mass is 9.89. The Hall–Kier alpha value is -0.610. The van der Waals surface area contributed by atoms with Crippen molar-refractivity contribution >= 4 is 5.97 Å². The lowest BCUT2D eigenvalue weighted by Crippen LogP contribution is -2.45. The molecule has 1 saturated carbocycles. The summed E-state index contributed by atoms with van der Waals surface area (Å²) in [6.07, 6.45) is 2.64. The molecule has 0 saturated heterocycles. The van der Waals surface area contributed by atoms with Crippen LogP contribution in [0.4, 0.5) is 0 Å². The molecule has 1 aliphatic carbocycles. The summed E-state index contributed by atoms with van der Waals surface area (Å²) in [5.74, 6) is -0.742. The Balaban J connectivity index is 1.93. The van der Waals surface area contributed by atoms with Crippen LogP contribution in [0.15, 0.2) is 0 Å². The molecule has 1 rings (SSSR count). The van der Waals surface area contributed by atoms with E-state index < -0.39 is 5.97 Å². The molecule has 4 heteroatoms. The Morgan fingerprint density at radius 3 is 2.85 bits per heavy atom. The van der Waals surface area contributed by atoms with E-state index >= 15 is 0 Å². The van der Waals surface area contributed by atoms with Crippen molar-refractivity contribution in [3.8, 4) is 0 Å². The van der Waals surface area contributed by atoms with Crippen molar-refractivity contribution in [2.24, 2.45) is 0 Å². The van der Waals surface area contributed by atoms with Crippen LogP contribution in [0.2, 0.25) is 0 Å². The minimum absolute atomic E-state index is 0.204. The van der Waals surface area contributed by atoms with Crippen molar-refractivity contribution in [3.63, 3.8) is 0 Å². The molecule has 0 bridgehead atoms. The van der Waals surface area contributed by atoms with Gasteiger partial charge in [0.15, 0.2) is 0 Å². The van der Waals surface area contributed by atoms with E-state index in [0.717, 1.165) is 19.4 Å². The molecule has 0 amide bonds. The maximum absolute atomic E-state index is 10.2. The molecule has 0 radical (unpaired) electrons. The topological polar surface area (TPSA) is 58.6 Å². The van der Waals surface area contributed by atoms with Crippen molar-refractivity contribution in [2.45, 2.75) is 38.3 Å². The van der Waals surface area contributed by atoms with Gasteiger partial charge < -0.3 is 15.2 Å². The average molecular weight is 187 g/mol. The Morgan fingerprint density at radius 1 is 1.62 bits per heavy atom. The normalized spacial score (nSPS) is 26.8. The van der Waals surface area contributed by atoms with Gasteiger partial charge in [-0.05, 0) is 19.8 Å². The van der Waals surface area contributed by atoms with Crippen LogP contribution in [0.1, 0.15) is 26.2 Å². The third kappa shape index (κ3) is 3.74. The second-order valence-corrected chi connectivity index (χ2v) is 3.34. The molecule has 0 aromatic heterocycles. The van der Waals surface area contributed by atoms with Crippen molar-refractivity contribution in [1.29, 1.82) is 0 Å². The number of carbonyl (C=O) groups is 1. The van der Waals surface area contributed by atoms with Crippen molar-refractivity contribution < 1.29 is 14.6 Å². The molecule has 0 aromatic rings. The zero-order chi connectivity index (χ0) is 9.68. The van der Waals surface area contributed by atoms with Gasteiger partial charge in [0.05, 0.1) is 12.5 Å². The third-order valence-electron chi connectivity index (χ3n) is 2.27. The highest BCUT2D eigenvalue weighted by atomic mass is 16.5. The Bertz CT molecular complexity index is 166. The number of hydrogen-bond donors (Lipinski definition) is 2. The highest BCUT2D eigenvalue weighted by molar-refractivity contribution is 5.66. The fourth-order valence-electron chi connectivity index (χ4n) is 1.49. The van der Waals surface area contributed by atoms with E-state index in [0.29, 0.717) is 18.7 Å². The summed E-state index contributed by atoms with van der Waals surface area (Å²) in [5, 5.41) is 11.6. The molecule has 0 heterocycles. The predicted octanol–water partition coefficient (Wildman–Crippen LogP) is 0.618. The standard InChI is InChI=1S/C9H17NO3/c1-2-13-8-5-7(6-8)10-4-3-9(11)12/h7-8,10H,2-6H2,1H3,(H,11,12). The third-order valence-corrected chi connectivity index (χ3v) is 2.27. The molecule has 2 N–H and O–H groups in total. The summed E-state index contributed by atoms with van der Waals surface area (Å²) in [6, 6.07) is 0.468. The number of rotatable bonds is 6. The quantitative estimate of drug-likeness (QED) is 0.640. The number of nitrogens with one attached hydrogen (secondary N) is 1. The van der Waals surface area contributed by atoms with Gasteiger partial charge in [-0.15, -0.1) is 0 Å². The summed E-state index contributed by atoms with van der Waals surface area (Å²) >= 11 is 0. The summed E-state index contributed by atoms with van der Waals surface area (Å²) in [4.78, 5) is 10.2. The van der Waals surface area contributed by atoms with Gasteiger partial charge in [0.1, 0.15) is 0 Å². The van der Waals surface area contributed by atoms with Gasteiger partial charge in [0.2, 0.25) is 0 Å². The lowest BCUT2D eigenvalue weighted by molar-refractivity contribution is -0.136. The number of carboxylic acids is 1. The molecule has 0 atom stereocenters. The summed E-state index contributed by atoms with van der Waals surface area (Å²) in [6.45, 7) is 3.33. The summed E-state index contributed by atoms with van der Waals surface area (Å²) in [7, 11) is 0. The maximum atomic E-state index is 10.2. The van der Waals surface area contributed by atoms with E-state index in [2.05, 4.69) is 5.32 Å². The van der Waals surface area contributed by atoms with Gasteiger partial charge in [-0.1, -0.05) is 0 Å². The van der Waals surface area contributed by atoms with Crippen molar-refractivity contribution in [1.82, 2.24) is 5.32 Å². The van der Waals surface area contributed by atoms with Crippen LogP contribution in [0.25, 0.3) is 0 Å². The minimum atomic E-state index is -0.742. The second-order valence-electron chi connectivity index (χ2n) is 3.34. The van der Waals surface area contributed by atoms with Crippen LogP contribution in [0, 0.1) is 0 Å². The highest BCUT2D eigenvalue weighted by Crippen LogP contribution is 2.22. The second kappa shape index (κ2) is 5.19. The minimum Gasteiger partial charge on any atom is -0.481 e. The Morgan fingerprint density at radius 2 is 2.31 bits per heavy atom. The van der Waals surface area contributed by atoms with Crippen LogP contribution < -0.4 is 5.32 Å². The van der Waals surface area contributed by atoms with E-state index in [1.807, 2.05) is 6.92 Å². The van der Waals surface area contributed by atoms with Gasteiger partial charge in [0.25, 0.3) is 0 Å². The average Bonchev–Trinajstić information content (AvgIpc) is 1.99. The highest BCUT2D eigenvalue weighted by Gasteiger charge is 2.28. The van der Waals surface area contributed by atoms with E-state index in [1.54, 1.807) is 0 Å². The molecule has 1 fully saturated rings. The molecule has 0 unspecified atom stereocenters. The first kappa shape index (κ1) is 10.5. The zero-order valence-corrected chi connectivity index (χ0v) is 7.95. The van der Waals surface area contributed by atoms with Gasteiger partial charge in [0, 0.05) is 19.2 Å². The number of aliphatic carboxylic acids is 1. The first-order chi connectivity index (χ1) is 6.22. The lowest BCUT2D eigenvalue weighted by Gasteiger charge is -2.35. The van der Waals surface area contributed by atoms with E-state index in [-0.39, 0.29) is 6.42 Å². The molecule has 13 heavy (non-hydrogen) atoms. The van der Waals surface area contributed by atoms with Crippen LogP contribution in [-0.2, 0) is 9.53 Å². The Labute approximate surface area is 78.3 Å². The van der Waals surface area contributed by atoms with Crippen LogP contribution in [0.3, 0.4) is 0 Å². The van der Waals surface area contributed by atoms with E-state index in [9.17, 15) is 4.79 Å². The zero-order valence-electron chi connectivity index (χ0n) is 7.95. The summed E-state index contributed by atoms with van der Waals surface area (Å²) in [5.41, 5.74) is 0. The molecule has 1 aliphatic rings. The molecular formula is C9H17NO3. The Kier molecular flexibility index (Phi) is 4.18. The fourth-order valence-corrected chi connectivity index (χ4v) is 1.49. The van der Waals surface area contributed by atoms with Crippen LogP contribution >= 0.6 is 0 Å². The van der Waals surface area contributed by atoms with Gasteiger partial charge in [-0.3, -0.25) is 4.79 Å². The molecule has 76 valence electrons. The number of ether oxygens (including phenoxy) is 1. The number of hydrogen-bond acceptors (Lipinski definition) is 3. The van der Waals surface area contributed by atoms with E-state index in [1.165, 1.54) is 0 Å². The van der Waals surface area contributed by atoms with Crippen molar-refractivity contribution in [2.75, 3.05) is 13.2 Å². The summed E-state index contributed by atoms with van der Waals surface area (Å²) < 4.78 is 5.38. The molecule has 4 nitrogen and oxygen atoms in total. The van der Waals surface area contributed by atoms with Crippen LogP contribution in [0.5, 0.6) is 0 Å².